The van der Waals surface area contributed by atoms with E-state index in [1.807, 2.05) is 37.4 Å². The average molecular weight is 215 g/mol. The number of esters is 1. The normalized spacial score (nSPS) is 10.1. The Morgan fingerprint density at radius 1 is 1.25 bits per heavy atom. The van der Waals surface area contributed by atoms with Gasteiger partial charge in [0.05, 0.1) is 0 Å². The zero-order valence-corrected chi connectivity index (χ0v) is 9.28. The second-order valence-electron chi connectivity index (χ2n) is 3.54. The fourth-order valence-electron chi connectivity index (χ4n) is 1.65. The topological polar surface area (TPSA) is 38.3 Å². The molecule has 0 amide bonds. The largest absolute Gasteiger partial charge is 0.426 e. The molecular weight excluding hydrogens is 202 g/mol. The summed E-state index contributed by atoms with van der Waals surface area (Å²) in [6, 6.07) is 11.6. The molecular formula is C13H13NO2. The van der Waals surface area contributed by atoms with Gasteiger partial charge in [-0.2, -0.15) is 0 Å². The third kappa shape index (κ3) is 1.98. The first-order valence-electron chi connectivity index (χ1n) is 5.09. The van der Waals surface area contributed by atoms with E-state index >= 15 is 0 Å². The van der Waals surface area contributed by atoms with Gasteiger partial charge in [0.1, 0.15) is 5.75 Å². The molecule has 3 heteroatoms. The maximum Gasteiger partial charge on any atom is 0.308 e. The fraction of sp³-hybridized carbons (Fsp3) is 0.154. The molecule has 0 aliphatic rings. The maximum atomic E-state index is 10.9. The standard InChI is InChI=1S/C13H13NO2/c1-9(15)16-13-5-3-4-10-8-11(14-2)6-7-12(10)13/h3-8,14H,1-2H3. The molecule has 0 atom stereocenters. The molecule has 0 spiro atoms. The van der Waals surface area contributed by atoms with Crippen LogP contribution in [-0.4, -0.2) is 13.0 Å². The summed E-state index contributed by atoms with van der Waals surface area (Å²) in [5.41, 5.74) is 1.03. The molecule has 3 nitrogen and oxygen atoms in total. The zero-order valence-electron chi connectivity index (χ0n) is 9.28. The first-order chi connectivity index (χ1) is 7.70. The summed E-state index contributed by atoms with van der Waals surface area (Å²) in [6.45, 7) is 1.40. The molecule has 0 fully saturated rings. The van der Waals surface area contributed by atoms with E-state index in [4.69, 9.17) is 4.74 Å². The van der Waals surface area contributed by atoms with Crippen molar-refractivity contribution in [1.82, 2.24) is 0 Å². The number of fused-ring (bicyclic) bond motifs is 1. The van der Waals surface area contributed by atoms with Crippen LogP contribution in [0.5, 0.6) is 5.75 Å². The van der Waals surface area contributed by atoms with Crippen LogP contribution in [0.15, 0.2) is 36.4 Å². The summed E-state index contributed by atoms with van der Waals surface area (Å²) in [5, 5.41) is 5.06. The van der Waals surface area contributed by atoms with Crippen LogP contribution in [-0.2, 0) is 4.79 Å². The van der Waals surface area contributed by atoms with E-state index in [1.165, 1.54) is 6.92 Å². The molecule has 2 rings (SSSR count). The van der Waals surface area contributed by atoms with Gasteiger partial charge in [0.2, 0.25) is 0 Å². The SMILES string of the molecule is CNc1ccc2c(OC(C)=O)cccc2c1. The van der Waals surface area contributed by atoms with Gasteiger partial charge in [0.15, 0.2) is 0 Å². The number of hydrogen-bond donors (Lipinski definition) is 1. The highest BCUT2D eigenvalue weighted by Gasteiger charge is 2.04. The van der Waals surface area contributed by atoms with Crippen LogP contribution in [0.1, 0.15) is 6.92 Å². The fourth-order valence-corrected chi connectivity index (χ4v) is 1.65. The molecule has 0 aliphatic heterocycles. The van der Waals surface area contributed by atoms with Gasteiger partial charge in [-0.3, -0.25) is 4.79 Å². The lowest BCUT2D eigenvalue weighted by atomic mass is 10.1. The van der Waals surface area contributed by atoms with E-state index in [0.717, 1.165) is 16.5 Å². The summed E-state index contributed by atoms with van der Waals surface area (Å²) >= 11 is 0. The maximum absolute atomic E-state index is 10.9. The summed E-state index contributed by atoms with van der Waals surface area (Å²) < 4.78 is 5.14. The van der Waals surface area contributed by atoms with E-state index in [1.54, 1.807) is 6.07 Å². The highest BCUT2D eigenvalue weighted by atomic mass is 16.5. The van der Waals surface area contributed by atoms with Gasteiger partial charge in [-0.1, -0.05) is 12.1 Å². The Morgan fingerprint density at radius 3 is 2.75 bits per heavy atom. The highest BCUT2D eigenvalue weighted by Crippen LogP contribution is 2.27. The summed E-state index contributed by atoms with van der Waals surface area (Å²) in [5.74, 6) is 0.304. The molecule has 1 N–H and O–H groups in total. The minimum Gasteiger partial charge on any atom is -0.426 e. The number of benzene rings is 2. The van der Waals surface area contributed by atoms with Crippen LogP contribution >= 0.6 is 0 Å². The summed E-state index contributed by atoms with van der Waals surface area (Å²) in [6.07, 6.45) is 0. The second-order valence-corrected chi connectivity index (χ2v) is 3.54. The zero-order chi connectivity index (χ0) is 11.5. The average Bonchev–Trinajstić information content (AvgIpc) is 2.28. The van der Waals surface area contributed by atoms with Crippen molar-refractivity contribution in [3.05, 3.63) is 36.4 Å². The van der Waals surface area contributed by atoms with Crippen molar-refractivity contribution in [1.29, 1.82) is 0 Å². The number of carbonyl (C=O) groups excluding carboxylic acids is 1. The number of ether oxygens (including phenoxy) is 1. The monoisotopic (exact) mass is 215 g/mol. The molecule has 0 saturated heterocycles. The number of hydrogen-bond acceptors (Lipinski definition) is 3. The molecule has 0 aliphatic carbocycles. The molecule has 0 saturated carbocycles. The van der Waals surface area contributed by atoms with Crippen molar-refractivity contribution >= 4 is 22.4 Å². The van der Waals surface area contributed by atoms with Crippen molar-refractivity contribution in [2.45, 2.75) is 6.92 Å². The predicted molar refractivity (Wildman–Crippen MR) is 64.8 cm³/mol. The molecule has 0 unspecified atom stereocenters. The summed E-state index contributed by atoms with van der Waals surface area (Å²) in [4.78, 5) is 10.9. The molecule has 82 valence electrons. The lowest BCUT2D eigenvalue weighted by molar-refractivity contribution is -0.131. The number of carbonyl (C=O) groups is 1. The van der Waals surface area contributed by atoms with E-state index in [2.05, 4.69) is 5.32 Å². The lowest BCUT2D eigenvalue weighted by Crippen LogP contribution is -2.01. The predicted octanol–water partition coefficient (Wildman–Crippen LogP) is 2.81. The van der Waals surface area contributed by atoms with Crippen molar-refractivity contribution in [3.8, 4) is 5.75 Å². The molecule has 2 aromatic rings. The van der Waals surface area contributed by atoms with Crippen molar-refractivity contribution in [2.24, 2.45) is 0 Å². The van der Waals surface area contributed by atoms with Gasteiger partial charge in [-0.25, -0.2) is 0 Å². The van der Waals surface area contributed by atoms with E-state index in [0.29, 0.717) is 5.75 Å². The van der Waals surface area contributed by atoms with Gasteiger partial charge in [0, 0.05) is 25.0 Å². The third-order valence-corrected chi connectivity index (χ3v) is 2.38. The molecule has 0 heterocycles. The first kappa shape index (κ1) is 10.5. The van der Waals surface area contributed by atoms with Gasteiger partial charge < -0.3 is 10.1 Å². The molecule has 16 heavy (non-hydrogen) atoms. The van der Waals surface area contributed by atoms with Gasteiger partial charge in [-0.15, -0.1) is 0 Å². The quantitative estimate of drug-likeness (QED) is 0.618. The van der Waals surface area contributed by atoms with Crippen LogP contribution in [0, 0.1) is 0 Å². The van der Waals surface area contributed by atoms with E-state index < -0.39 is 0 Å². The number of rotatable bonds is 2. The van der Waals surface area contributed by atoms with Crippen LogP contribution in [0.4, 0.5) is 5.69 Å². The van der Waals surface area contributed by atoms with Crippen molar-refractivity contribution in [2.75, 3.05) is 12.4 Å². The molecule has 0 radical (unpaired) electrons. The van der Waals surface area contributed by atoms with Gasteiger partial charge in [0.25, 0.3) is 0 Å². The minimum atomic E-state index is -0.301. The summed E-state index contributed by atoms with van der Waals surface area (Å²) in [7, 11) is 1.87. The van der Waals surface area contributed by atoms with E-state index in [9.17, 15) is 4.79 Å². The molecule has 0 bridgehead atoms. The third-order valence-electron chi connectivity index (χ3n) is 2.38. The van der Waals surface area contributed by atoms with Crippen molar-refractivity contribution in [3.63, 3.8) is 0 Å². The minimum absolute atomic E-state index is 0.301. The first-order valence-corrected chi connectivity index (χ1v) is 5.09. The second kappa shape index (κ2) is 4.23. The van der Waals surface area contributed by atoms with Crippen LogP contribution < -0.4 is 10.1 Å². The Hall–Kier alpha value is -2.03. The van der Waals surface area contributed by atoms with Crippen molar-refractivity contribution < 1.29 is 9.53 Å². The highest BCUT2D eigenvalue weighted by molar-refractivity contribution is 5.92. The Balaban J connectivity index is 2.55. The Labute approximate surface area is 94.0 Å². The van der Waals surface area contributed by atoms with Crippen LogP contribution in [0.2, 0.25) is 0 Å². The van der Waals surface area contributed by atoms with Crippen LogP contribution in [0.25, 0.3) is 10.8 Å². The smallest absolute Gasteiger partial charge is 0.308 e. The van der Waals surface area contributed by atoms with Crippen LogP contribution in [0.3, 0.4) is 0 Å². The Morgan fingerprint density at radius 2 is 2.06 bits per heavy atom. The number of anilines is 1. The molecule has 0 aromatic heterocycles. The molecule has 2 aromatic carbocycles. The number of nitrogens with one attached hydrogen (secondary N) is 1. The van der Waals surface area contributed by atoms with Gasteiger partial charge in [-0.05, 0) is 29.7 Å². The van der Waals surface area contributed by atoms with Gasteiger partial charge >= 0.3 is 5.97 Å². The Kier molecular flexibility index (Phi) is 2.77. The van der Waals surface area contributed by atoms with E-state index in [-0.39, 0.29) is 5.97 Å². The Bertz CT molecular complexity index is 534. The lowest BCUT2D eigenvalue weighted by Gasteiger charge is -2.07.